The number of phosphoric ester groups is 1. The number of hydrogen-bond donors (Lipinski definition) is 1. The number of nitrogens with one attached hydrogen (secondary N) is 1. The first-order chi connectivity index (χ1) is 17.6. The molecular weight excluding hydrogens is 520 g/mol. The molecule has 5 aliphatic heterocycles. The lowest BCUT2D eigenvalue weighted by molar-refractivity contribution is -0.195. The van der Waals surface area contributed by atoms with E-state index in [0.717, 1.165) is 24.4 Å². The highest BCUT2D eigenvalue weighted by molar-refractivity contribution is 7.50. The van der Waals surface area contributed by atoms with Crippen molar-refractivity contribution >= 4 is 25.2 Å². The summed E-state index contributed by atoms with van der Waals surface area (Å²) in [5.74, 6) is -2.00. The lowest BCUT2D eigenvalue weighted by atomic mass is 10.0. The number of hydrogen-bond acceptors (Lipinski definition) is 11. The zero-order chi connectivity index (χ0) is 26.0. The number of anilines is 2. The van der Waals surface area contributed by atoms with Gasteiger partial charge in [-0.05, 0) is 12.5 Å². The topological polar surface area (TPSA) is 128 Å². The van der Waals surface area contributed by atoms with E-state index < -0.39 is 37.1 Å². The van der Waals surface area contributed by atoms with Gasteiger partial charge in [-0.2, -0.15) is 13.2 Å². The van der Waals surface area contributed by atoms with E-state index in [1.54, 1.807) is 9.80 Å². The minimum Gasteiger partial charge on any atom is -0.481 e. The summed E-state index contributed by atoms with van der Waals surface area (Å²) in [5, 5.41) is 3.35. The fourth-order valence-electron chi connectivity index (χ4n) is 4.94. The highest BCUT2D eigenvalue weighted by Crippen LogP contribution is 2.71. The molecule has 5 aliphatic rings. The number of halogens is 3. The van der Waals surface area contributed by atoms with Crippen molar-refractivity contribution in [3.8, 4) is 5.88 Å². The van der Waals surface area contributed by atoms with E-state index in [1.807, 2.05) is 0 Å². The first-order valence-corrected chi connectivity index (χ1v) is 13.0. The molecule has 1 N–H and O–H groups in total. The average molecular weight is 542 g/mol. The Labute approximate surface area is 208 Å². The van der Waals surface area contributed by atoms with Gasteiger partial charge >= 0.3 is 14.0 Å². The third-order valence-electron chi connectivity index (χ3n) is 6.78. The summed E-state index contributed by atoms with van der Waals surface area (Å²) in [4.78, 5) is 28.8. The molecule has 2 aromatic heterocycles. The largest absolute Gasteiger partial charge is 0.481 e. The summed E-state index contributed by atoms with van der Waals surface area (Å²) in [7, 11) is -2.40. The molecule has 0 unspecified atom stereocenters. The standard InChI is InChI=1S/C21H22F3N6O6P/c1-33-18-15(21(22,23)24)6-13(7-25-18)29-5-3-16-14(9-29)17(27-11-26-16)28-12-2-4-30(8-12)19(31)20-10-34-37(32,35-20)36-20/h6-7,11-12H,2-5,8-10H2,1H3,(H,26,27,28)/t12-,20?,37?/m0/s1. The number of fused-ring (bicyclic) bond motifs is 2. The second-order valence-corrected chi connectivity index (χ2v) is 10.6. The van der Waals surface area contributed by atoms with Crippen molar-refractivity contribution in [2.75, 3.05) is 43.6 Å². The maximum absolute atomic E-state index is 13.5. The number of aromatic nitrogens is 3. The number of alkyl halides is 3. The SMILES string of the molecule is COc1ncc(N2CCc3ncnc(N[C@H]4CCN(C(=O)C56COP(=O)(O5)O6)C4)c3C2)cc1C(F)(F)F. The number of nitrogens with zero attached hydrogens (tertiary/aromatic N) is 5. The molecule has 2 bridgehead atoms. The molecule has 1 atom stereocenters. The third-order valence-corrected chi connectivity index (χ3v) is 8.26. The second kappa shape index (κ2) is 8.51. The highest BCUT2D eigenvalue weighted by Gasteiger charge is 2.70. The number of likely N-dealkylation sites (tertiary alicyclic amines) is 1. The molecule has 0 saturated carbocycles. The first kappa shape index (κ1) is 24.3. The van der Waals surface area contributed by atoms with Crippen molar-refractivity contribution < 1.29 is 40.8 Å². The smallest absolute Gasteiger partial charge is 0.481 e. The molecule has 2 aromatic rings. The van der Waals surface area contributed by atoms with Crippen molar-refractivity contribution in [3.63, 3.8) is 0 Å². The van der Waals surface area contributed by atoms with Crippen LogP contribution < -0.4 is 15.0 Å². The number of methoxy groups -OCH3 is 1. The number of carbonyl (C=O) groups is 1. The predicted molar refractivity (Wildman–Crippen MR) is 120 cm³/mol. The van der Waals surface area contributed by atoms with Crippen LogP contribution in [0.3, 0.4) is 0 Å². The summed E-state index contributed by atoms with van der Waals surface area (Å²) in [6.07, 6.45) is -0.702. The van der Waals surface area contributed by atoms with E-state index in [9.17, 15) is 22.5 Å². The van der Waals surface area contributed by atoms with Gasteiger partial charge in [0.25, 0.3) is 11.7 Å². The van der Waals surface area contributed by atoms with Gasteiger partial charge in [-0.1, -0.05) is 0 Å². The van der Waals surface area contributed by atoms with Crippen molar-refractivity contribution in [2.45, 2.75) is 37.4 Å². The molecule has 4 saturated heterocycles. The number of pyridine rings is 1. The summed E-state index contributed by atoms with van der Waals surface area (Å²) < 4.78 is 72.2. The Morgan fingerprint density at radius 3 is 2.78 bits per heavy atom. The molecule has 37 heavy (non-hydrogen) atoms. The average Bonchev–Trinajstić information content (AvgIpc) is 3.56. The Bertz CT molecular complexity index is 1300. The summed E-state index contributed by atoms with van der Waals surface area (Å²) >= 11 is 0. The molecule has 0 spiro atoms. The first-order valence-electron chi connectivity index (χ1n) is 11.5. The lowest BCUT2D eigenvalue weighted by Crippen LogP contribution is -2.54. The van der Waals surface area contributed by atoms with Gasteiger partial charge in [-0.3, -0.25) is 9.32 Å². The molecule has 7 rings (SSSR count). The van der Waals surface area contributed by atoms with E-state index in [2.05, 4.69) is 20.3 Å². The molecule has 0 aliphatic carbocycles. The van der Waals surface area contributed by atoms with Crippen LogP contribution in [-0.4, -0.2) is 70.9 Å². The van der Waals surface area contributed by atoms with Crippen LogP contribution >= 0.6 is 7.82 Å². The molecule has 198 valence electrons. The van der Waals surface area contributed by atoms with Crippen molar-refractivity contribution in [2.24, 2.45) is 0 Å². The van der Waals surface area contributed by atoms with Gasteiger partial charge in [0.15, 0.2) is 0 Å². The van der Waals surface area contributed by atoms with Crippen LogP contribution in [0.1, 0.15) is 23.2 Å². The van der Waals surface area contributed by atoms with Crippen LogP contribution in [0.5, 0.6) is 5.88 Å². The molecule has 0 aromatic carbocycles. The van der Waals surface area contributed by atoms with E-state index in [1.165, 1.54) is 12.5 Å². The van der Waals surface area contributed by atoms with E-state index in [-0.39, 0.29) is 19.2 Å². The molecule has 7 heterocycles. The van der Waals surface area contributed by atoms with Crippen LogP contribution in [0.15, 0.2) is 18.6 Å². The molecule has 4 fully saturated rings. The summed E-state index contributed by atoms with van der Waals surface area (Å²) in [5.41, 5.74) is 0.921. The van der Waals surface area contributed by atoms with E-state index in [0.29, 0.717) is 44.0 Å². The second-order valence-electron chi connectivity index (χ2n) is 9.10. The third kappa shape index (κ3) is 4.19. The van der Waals surface area contributed by atoms with Gasteiger partial charge in [0.05, 0.1) is 24.7 Å². The fraction of sp³-hybridized carbons (Fsp3) is 0.524. The quantitative estimate of drug-likeness (QED) is 0.559. The number of carbonyl (C=O) groups excluding carboxylic acids is 1. The molecular formula is C21H22F3N6O6P. The van der Waals surface area contributed by atoms with Crippen LogP contribution in [0, 0.1) is 0 Å². The van der Waals surface area contributed by atoms with E-state index >= 15 is 0 Å². The number of amides is 1. The van der Waals surface area contributed by atoms with Gasteiger partial charge in [-0.15, -0.1) is 0 Å². The minimum absolute atomic E-state index is 0.150. The van der Waals surface area contributed by atoms with Crippen LogP contribution in [0.2, 0.25) is 0 Å². The molecule has 0 radical (unpaired) electrons. The molecule has 12 nitrogen and oxygen atoms in total. The predicted octanol–water partition coefficient (Wildman–Crippen LogP) is 2.36. The zero-order valence-corrected chi connectivity index (χ0v) is 20.4. The van der Waals surface area contributed by atoms with Crippen LogP contribution in [0.4, 0.5) is 24.7 Å². The van der Waals surface area contributed by atoms with Crippen molar-refractivity contribution in [1.29, 1.82) is 0 Å². The Balaban J connectivity index is 1.17. The summed E-state index contributed by atoms with van der Waals surface area (Å²) in [6, 6.07) is 0.882. The van der Waals surface area contributed by atoms with Gasteiger partial charge in [0, 0.05) is 44.2 Å². The maximum Gasteiger partial charge on any atom is 0.481 e. The summed E-state index contributed by atoms with van der Waals surface area (Å²) in [6.45, 7) is 1.28. The van der Waals surface area contributed by atoms with Crippen molar-refractivity contribution in [3.05, 3.63) is 35.4 Å². The normalized spacial score (nSPS) is 28.6. The van der Waals surface area contributed by atoms with Crippen molar-refractivity contribution in [1.82, 2.24) is 19.9 Å². The molecule has 16 heteroatoms. The lowest BCUT2D eigenvalue weighted by Gasteiger charge is -2.35. The number of rotatable bonds is 5. The number of phosphoric acid groups is 1. The molecule has 1 amide bonds. The van der Waals surface area contributed by atoms with Gasteiger partial charge in [0.1, 0.15) is 24.3 Å². The minimum atomic E-state index is -4.61. The Kier molecular flexibility index (Phi) is 5.60. The van der Waals surface area contributed by atoms with Gasteiger partial charge in [0.2, 0.25) is 5.88 Å². The van der Waals surface area contributed by atoms with Gasteiger partial charge in [-0.25, -0.2) is 28.6 Å². The Morgan fingerprint density at radius 1 is 1.27 bits per heavy atom. The monoisotopic (exact) mass is 542 g/mol. The van der Waals surface area contributed by atoms with E-state index in [4.69, 9.17) is 18.3 Å². The zero-order valence-electron chi connectivity index (χ0n) is 19.5. The van der Waals surface area contributed by atoms with Crippen LogP contribution in [-0.2, 0) is 42.1 Å². The maximum atomic E-state index is 13.5. The van der Waals surface area contributed by atoms with Gasteiger partial charge < -0.3 is 19.9 Å². The Hall–Kier alpha value is -3.00. The van der Waals surface area contributed by atoms with Crippen LogP contribution in [0.25, 0.3) is 0 Å². The number of ether oxygens (including phenoxy) is 1. The fourth-order valence-corrected chi connectivity index (χ4v) is 6.37. The Morgan fingerprint density at radius 2 is 2.08 bits per heavy atom. The highest BCUT2D eigenvalue weighted by atomic mass is 31.2.